The summed E-state index contributed by atoms with van der Waals surface area (Å²) < 4.78 is 63.1. The van der Waals surface area contributed by atoms with Gasteiger partial charge in [0.15, 0.2) is 5.41 Å². The first-order chi connectivity index (χ1) is 15.6. The Bertz CT molecular complexity index is 1180. The fraction of sp³-hybridized carbons (Fsp3) is 0.440. The first-order valence-electron chi connectivity index (χ1n) is 11.0. The standard InChI is InChI=1S/C25H24F4N2O2/c1-23-13-15-14-30-31(18-8-6-17(26)7-9-18)21(15)12-16(23)5-10-20-19(23)4-3-11-24(20,22(32)33-2)25(27,28)29/h4,6-9,12,14,20H,3,5,10-11,13H2,1-2H3/t20-,23-,24?/m0/s1. The Morgan fingerprint density at radius 2 is 1.97 bits per heavy atom. The fourth-order valence-corrected chi connectivity index (χ4v) is 6.15. The summed E-state index contributed by atoms with van der Waals surface area (Å²) in [6.45, 7) is 1.97. The predicted molar refractivity (Wildman–Crippen MR) is 114 cm³/mol. The minimum atomic E-state index is -4.70. The lowest BCUT2D eigenvalue weighted by Gasteiger charge is -2.53. The second-order valence-corrected chi connectivity index (χ2v) is 9.37. The van der Waals surface area contributed by atoms with Crippen LogP contribution in [0.1, 0.15) is 43.9 Å². The topological polar surface area (TPSA) is 44.1 Å². The number of esters is 1. The average Bonchev–Trinajstić information content (AvgIpc) is 3.18. The van der Waals surface area contributed by atoms with Gasteiger partial charge in [-0.3, -0.25) is 4.79 Å². The van der Waals surface area contributed by atoms with Crippen LogP contribution in [0.5, 0.6) is 0 Å². The second-order valence-electron chi connectivity index (χ2n) is 9.37. The molecule has 1 fully saturated rings. The van der Waals surface area contributed by atoms with E-state index in [0.29, 0.717) is 24.1 Å². The van der Waals surface area contributed by atoms with Crippen LogP contribution >= 0.6 is 0 Å². The number of carbonyl (C=O) groups is 1. The van der Waals surface area contributed by atoms with Crippen LogP contribution in [0.15, 0.2) is 47.7 Å². The number of nitrogens with zero attached hydrogens (tertiary/aromatic N) is 2. The van der Waals surface area contributed by atoms with Gasteiger partial charge in [-0.1, -0.05) is 24.1 Å². The van der Waals surface area contributed by atoms with Crippen molar-refractivity contribution in [2.45, 2.75) is 45.2 Å². The number of benzene rings is 1. The van der Waals surface area contributed by atoms with Gasteiger partial charge in [-0.25, -0.2) is 9.07 Å². The summed E-state index contributed by atoms with van der Waals surface area (Å²) >= 11 is 0. The number of hydrogen-bond acceptors (Lipinski definition) is 3. The van der Waals surface area contributed by atoms with E-state index in [1.165, 1.54) is 12.1 Å². The first kappa shape index (κ1) is 21.9. The summed E-state index contributed by atoms with van der Waals surface area (Å²) in [6.07, 6.45) is 1.98. The van der Waals surface area contributed by atoms with Crippen LogP contribution in [0.2, 0.25) is 0 Å². The number of ether oxygens (including phenoxy) is 1. The van der Waals surface area contributed by atoms with Crippen LogP contribution in [0.25, 0.3) is 11.8 Å². The van der Waals surface area contributed by atoms with Gasteiger partial charge in [0.05, 0.1) is 24.7 Å². The molecule has 0 aliphatic heterocycles. The predicted octanol–water partition coefficient (Wildman–Crippen LogP) is 5.81. The summed E-state index contributed by atoms with van der Waals surface area (Å²) in [5, 5.41) is 4.48. The van der Waals surface area contributed by atoms with Crippen molar-refractivity contribution in [2.75, 3.05) is 7.11 Å². The lowest BCUT2D eigenvalue weighted by Crippen LogP contribution is -2.56. The molecule has 1 heterocycles. The summed E-state index contributed by atoms with van der Waals surface area (Å²) in [5.41, 5.74) is 1.05. The van der Waals surface area contributed by atoms with E-state index in [4.69, 9.17) is 4.74 Å². The number of allylic oxidation sites excluding steroid dienone is 3. The molecule has 3 atom stereocenters. The molecule has 174 valence electrons. The van der Waals surface area contributed by atoms with E-state index in [1.54, 1.807) is 23.0 Å². The Hall–Kier alpha value is -2.90. The molecule has 0 N–H and O–H groups in total. The van der Waals surface area contributed by atoms with Gasteiger partial charge in [0.1, 0.15) is 5.82 Å². The third kappa shape index (κ3) is 3.02. The van der Waals surface area contributed by atoms with E-state index in [9.17, 15) is 22.4 Å². The molecule has 1 aromatic carbocycles. The van der Waals surface area contributed by atoms with Crippen LogP contribution in [0.3, 0.4) is 0 Å². The minimum Gasteiger partial charge on any atom is -0.468 e. The van der Waals surface area contributed by atoms with Crippen molar-refractivity contribution in [3.8, 4) is 5.69 Å². The zero-order valence-corrected chi connectivity index (χ0v) is 18.4. The Morgan fingerprint density at radius 3 is 2.64 bits per heavy atom. The quantitative estimate of drug-likeness (QED) is 0.323. The van der Waals surface area contributed by atoms with Crippen LogP contribution < -0.4 is 0 Å². The van der Waals surface area contributed by atoms with Gasteiger partial charge in [0.25, 0.3) is 0 Å². The van der Waals surface area contributed by atoms with E-state index >= 15 is 0 Å². The largest absolute Gasteiger partial charge is 0.468 e. The van der Waals surface area contributed by atoms with Crippen LogP contribution in [-0.2, 0) is 16.0 Å². The van der Waals surface area contributed by atoms with Crippen molar-refractivity contribution in [1.29, 1.82) is 0 Å². The lowest BCUT2D eigenvalue weighted by atomic mass is 9.51. The molecule has 8 heteroatoms. The summed E-state index contributed by atoms with van der Waals surface area (Å²) in [4.78, 5) is 12.6. The van der Waals surface area contributed by atoms with Crippen molar-refractivity contribution in [1.82, 2.24) is 9.78 Å². The van der Waals surface area contributed by atoms with Crippen LogP contribution in [0.4, 0.5) is 17.6 Å². The van der Waals surface area contributed by atoms with Crippen molar-refractivity contribution in [2.24, 2.45) is 16.7 Å². The highest BCUT2D eigenvalue weighted by Crippen LogP contribution is 2.63. The molecule has 0 radical (unpaired) electrons. The average molecular weight is 460 g/mol. The van der Waals surface area contributed by atoms with E-state index in [-0.39, 0.29) is 25.1 Å². The summed E-state index contributed by atoms with van der Waals surface area (Å²) in [6, 6.07) is 6.02. The van der Waals surface area contributed by atoms with Crippen molar-refractivity contribution < 1.29 is 27.1 Å². The van der Waals surface area contributed by atoms with Gasteiger partial charge in [0.2, 0.25) is 0 Å². The molecular weight excluding hydrogens is 436 g/mol. The van der Waals surface area contributed by atoms with E-state index in [2.05, 4.69) is 5.10 Å². The highest BCUT2D eigenvalue weighted by Gasteiger charge is 2.68. The van der Waals surface area contributed by atoms with Gasteiger partial charge >= 0.3 is 12.1 Å². The molecule has 1 aromatic heterocycles. The molecule has 5 rings (SSSR count). The molecule has 3 aliphatic carbocycles. The molecule has 0 saturated heterocycles. The number of alkyl halides is 3. The smallest absolute Gasteiger partial charge is 0.405 e. The molecule has 0 amide bonds. The molecular formula is C25H24F4N2O2. The maximum absolute atomic E-state index is 14.4. The zero-order chi connectivity index (χ0) is 23.6. The Morgan fingerprint density at radius 1 is 1.24 bits per heavy atom. The molecule has 1 unspecified atom stereocenters. The molecule has 0 bridgehead atoms. The third-order valence-corrected chi connectivity index (χ3v) is 7.79. The Labute approximate surface area is 188 Å². The highest BCUT2D eigenvalue weighted by molar-refractivity contribution is 5.80. The van der Waals surface area contributed by atoms with Gasteiger partial charge in [-0.05, 0) is 68.0 Å². The number of aromatic nitrogens is 2. The lowest BCUT2D eigenvalue weighted by molar-refractivity contribution is -0.250. The second kappa shape index (κ2) is 7.30. The van der Waals surface area contributed by atoms with E-state index < -0.39 is 28.9 Å². The zero-order valence-electron chi connectivity index (χ0n) is 18.4. The molecule has 33 heavy (non-hydrogen) atoms. The van der Waals surface area contributed by atoms with Gasteiger partial charge in [-0.2, -0.15) is 18.3 Å². The number of fused-ring (bicyclic) bond motifs is 4. The van der Waals surface area contributed by atoms with E-state index in [1.807, 2.05) is 19.1 Å². The minimum absolute atomic E-state index is 0.172. The molecule has 3 aliphatic rings. The Balaban J connectivity index is 1.58. The molecule has 2 aromatic rings. The van der Waals surface area contributed by atoms with Gasteiger partial charge in [0, 0.05) is 11.3 Å². The monoisotopic (exact) mass is 460 g/mol. The van der Waals surface area contributed by atoms with Crippen LogP contribution in [-0.4, -0.2) is 29.0 Å². The van der Waals surface area contributed by atoms with E-state index in [0.717, 1.165) is 23.9 Å². The van der Waals surface area contributed by atoms with Crippen LogP contribution in [0, 0.1) is 22.6 Å². The van der Waals surface area contributed by atoms with Crippen molar-refractivity contribution in [3.05, 3.63) is 64.8 Å². The summed E-state index contributed by atoms with van der Waals surface area (Å²) in [7, 11) is 1.03. The summed E-state index contributed by atoms with van der Waals surface area (Å²) in [5.74, 6) is -2.48. The number of methoxy groups -OCH3 is 1. The first-order valence-corrected chi connectivity index (χ1v) is 11.0. The molecule has 1 saturated carbocycles. The molecule has 0 spiro atoms. The van der Waals surface area contributed by atoms with Crippen molar-refractivity contribution in [3.63, 3.8) is 0 Å². The highest BCUT2D eigenvalue weighted by atomic mass is 19.4. The van der Waals surface area contributed by atoms with Gasteiger partial charge < -0.3 is 4.74 Å². The Kier molecular flexibility index (Phi) is 4.85. The number of halogens is 4. The van der Waals surface area contributed by atoms with Crippen molar-refractivity contribution >= 4 is 12.0 Å². The van der Waals surface area contributed by atoms with Gasteiger partial charge in [-0.15, -0.1) is 0 Å². The normalized spacial score (nSPS) is 28.7. The number of hydrogen-bond donors (Lipinski definition) is 0. The SMILES string of the molecule is COC(=O)C1(C(F)(F)F)CCC=C2[C@@H]1CCC1=Cc3c(cnn3-c3ccc(F)cc3)C[C@@]12C. The maximum atomic E-state index is 14.4. The number of rotatable bonds is 2. The third-order valence-electron chi connectivity index (χ3n) is 7.79. The molecule has 4 nitrogen and oxygen atoms in total. The maximum Gasteiger partial charge on any atom is 0.405 e. The number of carbonyl (C=O) groups excluding carboxylic acids is 1. The fourth-order valence-electron chi connectivity index (χ4n) is 6.15.